The topological polar surface area (TPSA) is 46.5 Å². The molecule has 4 heteroatoms. The number of rotatable bonds is 4. The molecule has 1 aliphatic carbocycles. The Labute approximate surface area is 109 Å². The highest BCUT2D eigenvalue weighted by Gasteiger charge is 2.42. The van der Waals surface area contributed by atoms with Crippen LogP contribution >= 0.6 is 15.9 Å². The second-order valence-electron chi connectivity index (χ2n) is 4.51. The van der Waals surface area contributed by atoms with Crippen LogP contribution < -0.4 is 4.74 Å². The predicted octanol–water partition coefficient (Wildman–Crippen LogP) is 3.47. The van der Waals surface area contributed by atoms with Crippen LogP contribution in [0.15, 0.2) is 28.7 Å². The van der Waals surface area contributed by atoms with E-state index >= 15 is 0 Å². The molecule has 1 N–H and O–H groups in total. The lowest BCUT2D eigenvalue weighted by molar-refractivity contribution is -0.150. The van der Waals surface area contributed by atoms with E-state index in [4.69, 9.17) is 4.74 Å². The van der Waals surface area contributed by atoms with E-state index in [1.807, 2.05) is 24.3 Å². The van der Waals surface area contributed by atoms with Gasteiger partial charge in [-0.2, -0.15) is 0 Å². The van der Waals surface area contributed by atoms with Gasteiger partial charge in [0.2, 0.25) is 0 Å². The maximum absolute atomic E-state index is 11.3. The minimum Gasteiger partial charge on any atom is -0.491 e. The van der Waals surface area contributed by atoms with Crippen molar-refractivity contribution in [2.45, 2.75) is 25.7 Å². The van der Waals surface area contributed by atoms with E-state index in [0.717, 1.165) is 17.3 Å². The number of benzene rings is 1. The third kappa shape index (κ3) is 2.63. The van der Waals surface area contributed by atoms with Crippen molar-refractivity contribution in [1.29, 1.82) is 0 Å². The zero-order valence-electron chi connectivity index (χ0n) is 9.49. The first kappa shape index (κ1) is 12.4. The Hall–Kier alpha value is -1.03. The Morgan fingerprint density at radius 3 is 2.59 bits per heavy atom. The zero-order chi connectivity index (χ0) is 12.3. The maximum atomic E-state index is 11.3. The molecule has 0 unspecified atom stereocenters. The number of halogens is 1. The summed E-state index contributed by atoms with van der Waals surface area (Å²) in [5.41, 5.74) is -0.685. The minimum atomic E-state index is -0.734. The molecule has 3 nitrogen and oxygen atoms in total. The molecule has 0 aliphatic heterocycles. The molecular formula is C13H15BrO3. The number of hydrogen-bond acceptors (Lipinski definition) is 2. The van der Waals surface area contributed by atoms with Gasteiger partial charge in [0.25, 0.3) is 0 Å². The van der Waals surface area contributed by atoms with Gasteiger partial charge >= 0.3 is 5.97 Å². The standard InChI is InChI=1S/C13H15BrO3/c14-10-5-1-2-6-11(10)17-9-13(12(15)16)7-3-4-8-13/h1-2,5-6H,3-4,7-9H2,(H,15,16). The average molecular weight is 299 g/mol. The molecule has 0 amide bonds. The average Bonchev–Trinajstić information content (AvgIpc) is 2.78. The van der Waals surface area contributed by atoms with Crippen LogP contribution in [0.25, 0.3) is 0 Å². The van der Waals surface area contributed by atoms with Crippen molar-refractivity contribution < 1.29 is 14.6 Å². The van der Waals surface area contributed by atoms with E-state index in [-0.39, 0.29) is 6.61 Å². The summed E-state index contributed by atoms with van der Waals surface area (Å²) in [6, 6.07) is 7.51. The third-order valence-electron chi connectivity index (χ3n) is 3.35. The Morgan fingerprint density at radius 1 is 1.35 bits per heavy atom. The summed E-state index contributed by atoms with van der Waals surface area (Å²) in [4.78, 5) is 11.3. The molecule has 17 heavy (non-hydrogen) atoms. The van der Waals surface area contributed by atoms with Crippen molar-refractivity contribution in [3.05, 3.63) is 28.7 Å². The number of hydrogen-bond donors (Lipinski definition) is 1. The van der Waals surface area contributed by atoms with Gasteiger partial charge in [-0.25, -0.2) is 0 Å². The largest absolute Gasteiger partial charge is 0.491 e. The van der Waals surface area contributed by atoms with Gasteiger partial charge in [0.15, 0.2) is 0 Å². The van der Waals surface area contributed by atoms with Crippen molar-refractivity contribution in [3.63, 3.8) is 0 Å². The van der Waals surface area contributed by atoms with E-state index in [1.54, 1.807) is 0 Å². The molecule has 0 spiro atoms. The van der Waals surface area contributed by atoms with Crippen LogP contribution in [0.4, 0.5) is 0 Å². The fourth-order valence-corrected chi connectivity index (χ4v) is 2.65. The minimum absolute atomic E-state index is 0.255. The smallest absolute Gasteiger partial charge is 0.313 e. The number of para-hydroxylation sites is 1. The van der Waals surface area contributed by atoms with Crippen LogP contribution in [-0.2, 0) is 4.79 Å². The molecule has 1 saturated carbocycles. The number of carbonyl (C=O) groups is 1. The summed E-state index contributed by atoms with van der Waals surface area (Å²) in [5, 5.41) is 9.32. The van der Waals surface area contributed by atoms with Gasteiger partial charge in [-0.3, -0.25) is 4.79 Å². The van der Waals surface area contributed by atoms with Crippen LogP contribution in [0, 0.1) is 5.41 Å². The number of aliphatic carboxylic acids is 1. The quantitative estimate of drug-likeness (QED) is 0.926. The number of carboxylic acid groups (broad SMARTS) is 1. The highest BCUT2D eigenvalue weighted by Crippen LogP contribution is 2.39. The van der Waals surface area contributed by atoms with Gasteiger partial charge in [0.1, 0.15) is 17.8 Å². The Morgan fingerprint density at radius 2 is 2.00 bits per heavy atom. The van der Waals surface area contributed by atoms with Crippen LogP contribution in [0.5, 0.6) is 5.75 Å². The van der Waals surface area contributed by atoms with Gasteiger partial charge in [0, 0.05) is 0 Å². The zero-order valence-corrected chi connectivity index (χ0v) is 11.1. The molecule has 92 valence electrons. The third-order valence-corrected chi connectivity index (χ3v) is 4.01. The summed E-state index contributed by atoms with van der Waals surface area (Å²) >= 11 is 3.39. The maximum Gasteiger partial charge on any atom is 0.313 e. The lowest BCUT2D eigenvalue weighted by Gasteiger charge is -2.24. The van der Waals surface area contributed by atoms with E-state index < -0.39 is 11.4 Å². The molecule has 0 aromatic heterocycles. The van der Waals surface area contributed by atoms with Crippen LogP contribution in [0.3, 0.4) is 0 Å². The van der Waals surface area contributed by atoms with Crippen LogP contribution in [0.2, 0.25) is 0 Å². The Kier molecular flexibility index (Phi) is 3.72. The summed E-state index contributed by atoms with van der Waals surface area (Å²) in [6.07, 6.45) is 3.39. The number of carboxylic acids is 1. The lowest BCUT2D eigenvalue weighted by atomic mass is 9.87. The molecule has 2 rings (SSSR count). The van der Waals surface area contributed by atoms with Crippen molar-refractivity contribution in [1.82, 2.24) is 0 Å². The van der Waals surface area contributed by atoms with Crippen LogP contribution in [0.1, 0.15) is 25.7 Å². The van der Waals surface area contributed by atoms with Crippen molar-refractivity contribution in [3.8, 4) is 5.75 Å². The van der Waals surface area contributed by atoms with Gasteiger partial charge < -0.3 is 9.84 Å². The fourth-order valence-electron chi connectivity index (χ4n) is 2.25. The van der Waals surface area contributed by atoms with Gasteiger partial charge in [-0.15, -0.1) is 0 Å². The lowest BCUT2D eigenvalue weighted by Crippen LogP contribution is -2.34. The molecule has 1 fully saturated rings. The Balaban J connectivity index is 2.06. The Bertz CT molecular complexity index is 411. The summed E-state index contributed by atoms with van der Waals surface area (Å²) < 4.78 is 6.52. The molecule has 1 aromatic rings. The molecule has 0 atom stereocenters. The monoisotopic (exact) mass is 298 g/mol. The van der Waals surface area contributed by atoms with E-state index in [0.29, 0.717) is 18.6 Å². The predicted molar refractivity (Wildman–Crippen MR) is 68.2 cm³/mol. The molecule has 0 heterocycles. The summed E-state index contributed by atoms with van der Waals surface area (Å²) in [5.74, 6) is -0.0259. The van der Waals surface area contributed by atoms with E-state index in [9.17, 15) is 9.90 Å². The normalized spacial score (nSPS) is 17.9. The highest BCUT2D eigenvalue weighted by atomic mass is 79.9. The SMILES string of the molecule is O=C(O)C1(COc2ccccc2Br)CCCC1. The molecule has 0 bridgehead atoms. The van der Waals surface area contributed by atoms with E-state index in [1.165, 1.54) is 0 Å². The second-order valence-corrected chi connectivity index (χ2v) is 5.37. The highest BCUT2D eigenvalue weighted by molar-refractivity contribution is 9.10. The number of ether oxygens (including phenoxy) is 1. The van der Waals surface area contributed by atoms with Crippen molar-refractivity contribution in [2.24, 2.45) is 5.41 Å². The van der Waals surface area contributed by atoms with Crippen molar-refractivity contribution >= 4 is 21.9 Å². The van der Waals surface area contributed by atoms with Gasteiger partial charge in [0.05, 0.1) is 4.47 Å². The van der Waals surface area contributed by atoms with Crippen LogP contribution in [-0.4, -0.2) is 17.7 Å². The molecule has 0 saturated heterocycles. The summed E-state index contributed by atoms with van der Waals surface area (Å²) in [7, 11) is 0. The van der Waals surface area contributed by atoms with Gasteiger partial charge in [-0.05, 0) is 40.9 Å². The van der Waals surface area contributed by atoms with Crippen molar-refractivity contribution in [2.75, 3.05) is 6.61 Å². The molecule has 1 aliphatic rings. The first-order chi connectivity index (χ1) is 8.14. The first-order valence-electron chi connectivity index (χ1n) is 5.75. The summed E-state index contributed by atoms with van der Waals surface area (Å²) in [6.45, 7) is 0.255. The fraction of sp³-hybridized carbons (Fsp3) is 0.462. The first-order valence-corrected chi connectivity index (χ1v) is 6.54. The van der Waals surface area contributed by atoms with Gasteiger partial charge in [-0.1, -0.05) is 25.0 Å². The van der Waals surface area contributed by atoms with E-state index in [2.05, 4.69) is 15.9 Å². The molecule has 1 aromatic carbocycles. The second kappa shape index (κ2) is 5.08. The molecular weight excluding hydrogens is 284 g/mol. The molecule has 0 radical (unpaired) electrons.